The van der Waals surface area contributed by atoms with E-state index in [0.29, 0.717) is 0 Å². The van der Waals surface area contributed by atoms with Gasteiger partial charge in [0.1, 0.15) is 5.60 Å². The van der Waals surface area contributed by atoms with Crippen molar-refractivity contribution in [2.24, 2.45) is 0 Å². The number of carbonyl (C=O) groups is 1. The predicted octanol–water partition coefficient (Wildman–Crippen LogP) is 0.442. The number of ether oxygens (including phenoxy) is 1. The topological polar surface area (TPSA) is 41.6 Å². The van der Waals surface area contributed by atoms with Crippen molar-refractivity contribution in [3.8, 4) is 0 Å². The van der Waals surface area contributed by atoms with Crippen LogP contribution in [-0.2, 0) is 9.53 Å². The van der Waals surface area contributed by atoms with Crippen molar-refractivity contribution in [2.75, 3.05) is 0 Å². The van der Waals surface area contributed by atoms with E-state index in [0.717, 1.165) is 6.42 Å². The third kappa shape index (κ3) is 0.948. The van der Waals surface area contributed by atoms with Crippen LogP contribution in [0.1, 0.15) is 27.2 Å². The summed E-state index contributed by atoms with van der Waals surface area (Å²) >= 11 is 0. The van der Waals surface area contributed by atoms with Gasteiger partial charge < -0.3 is 10.1 Å². The molecule has 0 aromatic carbocycles. The van der Waals surface area contributed by atoms with Crippen molar-refractivity contribution in [2.45, 2.75) is 44.4 Å². The first-order valence-electron chi connectivity index (χ1n) is 3.93. The van der Waals surface area contributed by atoms with Gasteiger partial charge in [-0.1, -0.05) is 0 Å². The van der Waals surface area contributed by atoms with E-state index in [1.54, 1.807) is 0 Å². The van der Waals surface area contributed by atoms with Crippen molar-refractivity contribution in [3.63, 3.8) is 0 Å². The molecular formula is C8H13NO2. The van der Waals surface area contributed by atoms with Gasteiger partial charge in [0, 0.05) is 12.0 Å². The minimum Gasteiger partial charge on any atom is -0.356 e. The first-order valence-corrected chi connectivity index (χ1v) is 3.93. The average Bonchev–Trinajstić information content (AvgIpc) is 2.36. The molecule has 0 aromatic heterocycles. The van der Waals surface area contributed by atoms with E-state index in [2.05, 4.69) is 5.32 Å². The van der Waals surface area contributed by atoms with Gasteiger partial charge in [-0.3, -0.25) is 4.79 Å². The Hall–Kier alpha value is -0.570. The summed E-state index contributed by atoms with van der Waals surface area (Å²) in [7, 11) is 0. The zero-order chi connectivity index (χ0) is 8.28. The summed E-state index contributed by atoms with van der Waals surface area (Å²) in [5.41, 5.74) is -0.259. The normalized spacial score (nSPS) is 46.1. The number of nitrogens with one attached hydrogen (secondary N) is 1. The van der Waals surface area contributed by atoms with Gasteiger partial charge >= 0.3 is 0 Å². The molecule has 2 heterocycles. The molecule has 0 aliphatic carbocycles. The van der Waals surface area contributed by atoms with E-state index in [9.17, 15) is 4.79 Å². The third-order valence-electron chi connectivity index (χ3n) is 2.38. The fraction of sp³-hybridized carbons (Fsp3) is 0.875. The standard InChI is InChI=1S/C8H13NO2/c1-7(2)4-8(3)5(11-8)6(10)9-7/h5H,4H2,1-3H3,(H,9,10)/t5-,8-/m1/s1. The van der Waals surface area contributed by atoms with Crippen LogP contribution in [0, 0.1) is 0 Å². The fourth-order valence-electron chi connectivity index (χ4n) is 2.02. The summed E-state index contributed by atoms with van der Waals surface area (Å²) in [6.07, 6.45) is 0.742. The first kappa shape index (κ1) is 7.10. The molecule has 0 unspecified atom stereocenters. The summed E-state index contributed by atoms with van der Waals surface area (Å²) < 4.78 is 5.30. The summed E-state index contributed by atoms with van der Waals surface area (Å²) in [4.78, 5) is 11.2. The van der Waals surface area contributed by atoms with Gasteiger partial charge in [-0.15, -0.1) is 0 Å². The lowest BCUT2D eigenvalue weighted by Crippen LogP contribution is -2.53. The van der Waals surface area contributed by atoms with Crippen molar-refractivity contribution < 1.29 is 9.53 Å². The van der Waals surface area contributed by atoms with Crippen molar-refractivity contribution in [3.05, 3.63) is 0 Å². The summed E-state index contributed by atoms with van der Waals surface area (Å²) in [5.74, 6) is 0.0451. The average molecular weight is 155 g/mol. The van der Waals surface area contributed by atoms with Crippen molar-refractivity contribution >= 4 is 5.91 Å². The maximum Gasteiger partial charge on any atom is 0.252 e. The van der Waals surface area contributed by atoms with Crippen LogP contribution in [0.3, 0.4) is 0 Å². The molecule has 2 atom stereocenters. The molecule has 0 spiro atoms. The highest BCUT2D eigenvalue weighted by molar-refractivity contribution is 5.86. The van der Waals surface area contributed by atoms with Gasteiger partial charge in [-0.05, 0) is 20.8 Å². The van der Waals surface area contributed by atoms with Crippen LogP contribution in [0.5, 0.6) is 0 Å². The molecule has 2 aliphatic rings. The van der Waals surface area contributed by atoms with E-state index in [4.69, 9.17) is 4.74 Å². The molecule has 62 valence electrons. The lowest BCUT2D eigenvalue weighted by molar-refractivity contribution is -0.124. The number of hydrogen-bond donors (Lipinski definition) is 1. The van der Waals surface area contributed by atoms with Gasteiger partial charge in [-0.2, -0.15) is 0 Å². The van der Waals surface area contributed by atoms with E-state index in [1.165, 1.54) is 0 Å². The van der Waals surface area contributed by atoms with Gasteiger partial charge in [0.2, 0.25) is 0 Å². The molecule has 11 heavy (non-hydrogen) atoms. The number of amides is 1. The van der Waals surface area contributed by atoms with E-state index in [-0.39, 0.29) is 23.2 Å². The highest BCUT2D eigenvalue weighted by Gasteiger charge is 2.62. The molecule has 2 fully saturated rings. The predicted molar refractivity (Wildman–Crippen MR) is 40.1 cm³/mol. The zero-order valence-corrected chi connectivity index (χ0v) is 7.10. The van der Waals surface area contributed by atoms with Crippen molar-refractivity contribution in [1.82, 2.24) is 5.32 Å². The Morgan fingerprint density at radius 3 is 2.73 bits per heavy atom. The van der Waals surface area contributed by atoms with Crippen LogP contribution in [0.2, 0.25) is 0 Å². The number of piperidine rings is 1. The Morgan fingerprint density at radius 1 is 1.55 bits per heavy atom. The maximum atomic E-state index is 11.2. The molecule has 0 radical (unpaired) electrons. The SMILES string of the molecule is CC1(C)C[C@@]2(C)O[C@@H]2C(=O)N1. The molecule has 3 heteroatoms. The van der Waals surface area contributed by atoms with E-state index in [1.807, 2.05) is 20.8 Å². The third-order valence-corrected chi connectivity index (χ3v) is 2.38. The highest BCUT2D eigenvalue weighted by Crippen LogP contribution is 2.45. The molecule has 0 aromatic rings. The molecule has 2 saturated heterocycles. The smallest absolute Gasteiger partial charge is 0.252 e. The van der Waals surface area contributed by atoms with E-state index < -0.39 is 0 Å². The second-order valence-electron chi connectivity index (χ2n) is 4.36. The molecular weight excluding hydrogens is 142 g/mol. The van der Waals surface area contributed by atoms with Crippen LogP contribution in [0.15, 0.2) is 0 Å². The minimum absolute atomic E-state index is 0.0451. The minimum atomic E-state index is -0.171. The van der Waals surface area contributed by atoms with E-state index >= 15 is 0 Å². The second-order valence-corrected chi connectivity index (χ2v) is 4.36. The summed E-state index contributed by atoms with van der Waals surface area (Å²) in [6.45, 7) is 6.04. The summed E-state index contributed by atoms with van der Waals surface area (Å²) in [5, 5.41) is 2.91. The number of epoxide rings is 1. The molecule has 0 bridgehead atoms. The van der Waals surface area contributed by atoms with Crippen LogP contribution >= 0.6 is 0 Å². The lowest BCUT2D eigenvalue weighted by atomic mass is 9.85. The molecule has 1 amide bonds. The first-order chi connectivity index (χ1) is 4.93. The van der Waals surface area contributed by atoms with Crippen LogP contribution in [0.25, 0.3) is 0 Å². The van der Waals surface area contributed by atoms with Gasteiger partial charge in [0.25, 0.3) is 5.91 Å². The highest BCUT2D eigenvalue weighted by atomic mass is 16.6. The Kier molecular flexibility index (Phi) is 1.04. The second kappa shape index (κ2) is 1.61. The van der Waals surface area contributed by atoms with Gasteiger partial charge in [-0.25, -0.2) is 0 Å². The molecule has 2 aliphatic heterocycles. The Labute approximate surface area is 66.1 Å². The molecule has 0 saturated carbocycles. The fourth-order valence-corrected chi connectivity index (χ4v) is 2.02. The Balaban J connectivity index is 2.21. The number of fused-ring (bicyclic) bond motifs is 1. The number of rotatable bonds is 0. The Bertz CT molecular complexity index is 221. The molecule has 2 rings (SSSR count). The largest absolute Gasteiger partial charge is 0.356 e. The van der Waals surface area contributed by atoms with Crippen molar-refractivity contribution in [1.29, 1.82) is 0 Å². The van der Waals surface area contributed by atoms with Crippen LogP contribution in [-0.4, -0.2) is 23.2 Å². The zero-order valence-electron chi connectivity index (χ0n) is 7.10. The van der Waals surface area contributed by atoms with Gasteiger partial charge in [0.15, 0.2) is 6.10 Å². The van der Waals surface area contributed by atoms with Crippen LogP contribution < -0.4 is 5.32 Å². The number of carbonyl (C=O) groups excluding carboxylic acids is 1. The number of hydrogen-bond acceptors (Lipinski definition) is 2. The monoisotopic (exact) mass is 155 g/mol. The van der Waals surface area contributed by atoms with Crippen LogP contribution in [0.4, 0.5) is 0 Å². The molecule has 1 N–H and O–H groups in total. The lowest BCUT2D eigenvalue weighted by Gasteiger charge is -2.31. The van der Waals surface area contributed by atoms with Gasteiger partial charge in [0.05, 0.1) is 0 Å². The maximum absolute atomic E-state index is 11.2. The quantitative estimate of drug-likeness (QED) is 0.516. The Morgan fingerprint density at radius 2 is 2.18 bits per heavy atom. The summed E-state index contributed by atoms with van der Waals surface area (Å²) in [6, 6.07) is 0. The molecule has 3 nitrogen and oxygen atoms in total.